The average Bonchev–Trinajstić information content (AvgIpc) is 2.66. The van der Waals surface area contributed by atoms with E-state index in [1.807, 2.05) is 43.3 Å². The van der Waals surface area contributed by atoms with Crippen molar-refractivity contribution in [2.24, 2.45) is 0 Å². The number of rotatable bonds is 7. The minimum atomic E-state index is -0.222. The standard InChI is InChI=1S/C21H28N2O3/c1-15(18-13-17(25-4)11-12-19(18)26-5)23-20(24)22-14-21(2,3)16-9-7-6-8-10-16/h6-13,15H,14H2,1-5H3,(H2,22,23,24). The summed E-state index contributed by atoms with van der Waals surface area (Å²) < 4.78 is 10.7. The van der Waals surface area contributed by atoms with Gasteiger partial charge in [0.1, 0.15) is 11.5 Å². The summed E-state index contributed by atoms with van der Waals surface area (Å²) in [6, 6.07) is 15.3. The van der Waals surface area contributed by atoms with E-state index in [1.165, 1.54) is 5.56 Å². The van der Waals surface area contributed by atoms with Crippen molar-refractivity contribution in [3.63, 3.8) is 0 Å². The third-order valence-electron chi connectivity index (χ3n) is 4.50. The maximum Gasteiger partial charge on any atom is 0.315 e. The molecule has 1 atom stereocenters. The first-order chi connectivity index (χ1) is 12.4. The molecule has 26 heavy (non-hydrogen) atoms. The fourth-order valence-electron chi connectivity index (χ4n) is 2.80. The number of hydrogen-bond acceptors (Lipinski definition) is 3. The van der Waals surface area contributed by atoms with Gasteiger partial charge >= 0.3 is 6.03 Å². The van der Waals surface area contributed by atoms with E-state index >= 15 is 0 Å². The predicted molar refractivity (Wildman–Crippen MR) is 104 cm³/mol. The Balaban J connectivity index is 1.99. The molecule has 0 saturated carbocycles. The summed E-state index contributed by atoms with van der Waals surface area (Å²) >= 11 is 0. The predicted octanol–water partition coefficient (Wildman–Crippen LogP) is 4.04. The smallest absolute Gasteiger partial charge is 0.315 e. The lowest BCUT2D eigenvalue weighted by Crippen LogP contribution is -2.43. The molecule has 5 nitrogen and oxygen atoms in total. The molecule has 0 radical (unpaired) electrons. The van der Waals surface area contributed by atoms with Crippen LogP contribution >= 0.6 is 0 Å². The summed E-state index contributed by atoms with van der Waals surface area (Å²) in [4.78, 5) is 12.4. The SMILES string of the molecule is COc1ccc(OC)c(C(C)NC(=O)NCC(C)(C)c2ccccc2)c1. The van der Waals surface area contributed by atoms with Crippen LogP contribution in [-0.4, -0.2) is 26.8 Å². The molecule has 0 aliphatic rings. The molecule has 2 aromatic carbocycles. The molecule has 0 fully saturated rings. The Labute approximate surface area is 155 Å². The topological polar surface area (TPSA) is 59.6 Å². The summed E-state index contributed by atoms with van der Waals surface area (Å²) in [7, 11) is 3.22. The van der Waals surface area contributed by atoms with Crippen LogP contribution in [0, 0.1) is 0 Å². The molecule has 0 spiro atoms. The van der Waals surface area contributed by atoms with Crippen molar-refractivity contribution in [1.29, 1.82) is 0 Å². The van der Waals surface area contributed by atoms with Gasteiger partial charge < -0.3 is 20.1 Å². The summed E-state index contributed by atoms with van der Waals surface area (Å²) in [6.45, 7) is 6.66. The Morgan fingerprint density at radius 1 is 1.08 bits per heavy atom. The molecule has 0 aliphatic carbocycles. The second-order valence-corrected chi connectivity index (χ2v) is 6.91. The van der Waals surface area contributed by atoms with Crippen molar-refractivity contribution < 1.29 is 14.3 Å². The van der Waals surface area contributed by atoms with E-state index in [-0.39, 0.29) is 17.5 Å². The van der Waals surface area contributed by atoms with Crippen molar-refractivity contribution in [3.8, 4) is 11.5 Å². The van der Waals surface area contributed by atoms with Crippen LogP contribution in [0.2, 0.25) is 0 Å². The summed E-state index contributed by atoms with van der Waals surface area (Å²) in [5, 5.41) is 5.93. The van der Waals surface area contributed by atoms with Crippen molar-refractivity contribution in [1.82, 2.24) is 10.6 Å². The van der Waals surface area contributed by atoms with Gasteiger partial charge in [0.15, 0.2) is 0 Å². The third-order valence-corrected chi connectivity index (χ3v) is 4.50. The number of ether oxygens (including phenoxy) is 2. The van der Waals surface area contributed by atoms with Gasteiger partial charge in [-0.05, 0) is 30.7 Å². The lowest BCUT2D eigenvalue weighted by atomic mass is 9.85. The highest BCUT2D eigenvalue weighted by Gasteiger charge is 2.22. The van der Waals surface area contributed by atoms with Crippen molar-refractivity contribution >= 4 is 6.03 Å². The Morgan fingerprint density at radius 2 is 1.77 bits per heavy atom. The van der Waals surface area contributed by atoms with E-state index < -0.39 is 0 Å². The van der Waals surface area contributed by atoms with E-state index in [1.54, 1.807) is 14.2 Å². The fourth-order valence-corrected chi connectivity index (χ4v) is 2.80. The number of nitrogens with one attached hydrogen (secondary N) is 2. The first kappa shape index (κ1) is 19.6. The van der Waals surface area contributed by atoms with Gasteiger partial charge in [-0.2, -0.15) is 0 Å². The van der Waals surface area contributed by atoms with Gasteiger partial charge in [0.25, 0.3) is 0 Å². The summed E-state index contributed by atoms with van der Waals surface area (Å²) in [5.41, 5.74) is 1.89. The Hall–Kier alpha value is -2.69. The van der Waals surface area contributed by atoms with Crippen LogP contribution in [0.3, 0.4) is 0 Å². The van der Waals surface area contributed by atoms with Crippen LogP contribution in [0.25, 0.3) is 0 Å². The van der Waals surface area contributed by atoms with Gasteiger partial charge in [0.2, 0.25) is 0 Å². The van der Waals surface area contributed by atoms with Crippen LogP contribution in [-0.2, 0) is 5.41 Å². The number of carbonyl (C=O) groups is 1. The molecule has 2 aromatic rings. The van der Waals surface area contributed by atoms with E-state index in [9.17, 15) is 4.79 Å². The Kier molecular flexibility index (Phi) is 6.50. The highest BCUT2D eigenvalue weighted by Crippen LogP contribution is 2.29. The molecule has 0 heterocycles. The molecule has 2 amide bonds. The maximum atomic E-state index is 12.4. The zero-order chi connectivity index (χ0) is 19.2. The van der Waals surface area contributed by atoms with Gasteiger partial charge in [-0.25, -0.2) is 4.79 Å². The molecular formula is C21H28N2O3. The van der Waals surface area contributed by atoms with Gasteiger partial charge in [-0.1, -0.05) is 44.2 Å². The highest BCUT2D eigenvalue weighted by atomic mass is 16.5. The maximum absolute atomic E-state index is 12.4. The quantitative estimate of drug-likeness (QED) is 0.787. The van der Waals surface area contributed by atoms with Gasteiger partial charge in [-0.15, -0.1) is 0 Å². The third kappa shape index (κ3) is 4.91. The Morgan fingerprint density at radius 3 is 2.38 bits per heavy atom. The molecule has 0 aromatic heterocycles. The second-order valence-electron chi connectivity index (χ2n) is 6.91. The van der Waals surface area contributed by atoms with Crippen LogP contribution in [0.15, 0.2) is 48.5 Å². The van der Waals surface area contributed by atoms with Gasteiger partial charge in [0.05, 0.1) is 20.3 Å². The van der Waals surface area contributed by atoms with Crippen LogP contribution in [0.4, 0.5) is 4.79 Å². The average molecular weight is 356 g/mol. The Bertz CT molecular complexity index is 729. The molecule has 5 heteroatoms. The van der Waals surface area contributed by atoms with E-state index in [0.717, 1.165) is 11.3 Å². The summed E-state index contributed by atoms with van der Waals surface area (Å²) in [5.74, 6) is 1.43. The number of carbonyl (C=O) groups excluding carboxylic acids is 1. The lowest BCUT2D eigenvalue weighted by molar-refractivity contribution is 0.235. The minimum absolute atomic E-state index is 0.157. The molecule has 0 saturated heterocycles. The molecular weight excluding hydrogens is 328 g/mol. The molecule has 1 unspecified atom stereocenters. The fraction of sp³-hybridized carbons (Fsp3) is 0.381. The molecule has 0 aliphatic heterocycles. The van der Waals surface area contributed by atoms with Crippen molar-refractivity contribution in [2.45, 2.75) is 32.2 Å². The first-order valence-corrected chi connectivity index (χ1v) is 8.69. The monoisotopic (exact) mass is 356 g/mol. The molecule has 2 rings (SSSR count). The minimum Gasteiger partial charge on any atom is -0.497 e. The van der Waals surface area contributed by atoms with Gasteiger partial charge in [0, 0.05) is 17.5 Å². The first-order valence-electron chi connectivity index (χ1n) is 8.69. The van der Waals surface area contributed by atoms with Crippen LogP contribution < -0.4 is 20.1 Å². The normalized spacial score (nSPS) is 12.2. The van der Waals surface area contributed by atoms with Crippen LogP contribution in [0.1, 0.15) is 37.9 Å². The number of benzene rings is 2. The van der Waals surface area contributed by atoms with Gasteiger partial charge in [-0.3, -0.25) is 0 Å². The molecule has 0 bridgehead atoms. The highest BCUT2D eigenvalue weighted by molar-refractivity contribution is 5.74. The van der Waals surface area contributed by atoms with E-state index in [2.05, 4.69) is 36.6 Å². The van der Waals surface area contributed by atoms with E-state index in [4.69, 9.17) is 9.47 Å². The zero-order valence-electron chi connectivity index (χ0n) is 16.1. The van der Waals surface area contributed by atoms with Crippen molar-refractivity contribution in [3.05, 3.63) is 59.7 Å². The molecule has 140 valence electrons. The van der Waals surface area contributed by atoms with Crippen LogP contribution in [0.5, 0.6) is 11.5 Å². The zero-order valence-corrected chi connectivity index (χ0v) is 16.1. The number of amides is 2. The summed E-state index contributed by atoms with van der Waals surface area (Å²) in [6.07, 6.45) is 0. The lowest BCUT2D eigenvalue weighted by Gasteiger charge is -2.26. The number of methoxy groups -OCH3 is 2. The largest absolute Gasteiger partial charge is 0.497 e. The van der Waals surface area contributed by atoms with E-state index in [0.29, 0.717) is 12.3 Å². The number of urea groups is 1. The molecule has 2 N–H and O–H groups in total. The van der Waals surface area contributed by atoms with Crippen molar-refractivity contribution in [2.75, 3.05) is 20.8 Å². The second kappa shape index (κ2) is 8.61. The number of hydrogen-bond donors (Lipinski definition) is 2.